The molecule has 1 aromatic carbocycles. The first-order chi connectivity index (χ1) is 9.49. The summed E-state index contributed by atoms with van der Waals surface area (Å²) in [5.74, 6) is 0.625. The van der Waals surface area contributed by atoms with Crippen molar-refractivity contribution in [3.8, 4) is 11.5 Å². The Kier molecular flexibility index (Phi) is 5.27. The number of carbonyl (C=O) groups is 1. The highest BCUT2D eigenvalue weighted by molar-refractivity contribution is 5.73. The van der Waals surface area contributed by atoms with Crippen LogP contribution in [0.5, 0.6) is 11.5 Å². The van der Waals surface area contributed by atoms with Gasteiger partial charge in [0.05, 0.1) is 25.2 Å². The zero-order valence-electron chi connectivity index (χ0n) is 11.0. The van der Waals surface area contributed by atoms with Gasteiger partial charge in [-0.25, -0.2) is 10.2 Å². The van der Waals surface area contributed by atoms with Crippen LogP contribution in [0.2, 0.25) is 0 Å². The van der Waals surface area contributed by atoms with E-state index >= 15 is 0 Å². The van der Waals surface area contributed by atoms with Crippen molar-refractivity contribution in [2.45, 2.75) is 6.42 Å². The minimum atomic E-state index is -0.817. The molecule has 0 saturated carbocycles. The number of urea groups is 1. The second-order valence-corrected chi connectivity index (χ2v) is 3.58. The molecule has 108 valence electrons. The third kappa shape index (κ3) is 3.83. The zero-order chi connectivity index (χ0) is 15.1. The molecule has 0 aliphatic carbocycles. The van der Waals surface area contributed by atoms with E-state index in [1.807, 2.05) is 5.43 Å². The summed E-state index contributed by atoms with van der Waals surface area (Å²) in [6.07, 6.45) is 1.41. The lowest BCUT2D eigenvalue weighted by Gasteiger charge is -2.09. The molecular formula is C11H14N4O5. The minimum absolute atomic E-state index is 0.122. The van der Waals surface area contributed by atoms with Gasteiger partial charge < -0.3 is 15.2 Å². The Hall–Kier alpha value is -2.84. The number of nitro benzene ring substituents is 1. The number of rotatable bonds is 6. The molecule has 1 rings (SSSR count). The predicted octanol–water partition coefficient (Wildman–Crippen LogP) is 0.809. The summed E-state index contributed by atoms with van der Waals surface area (Å²) in [7, 11) is 2.82. The quantitative estimate of drug-likeness (QED) is 0.453. The van der Waals surface area contributed by atoms with Crippen molar-refractivity contribution in [2.75, 3.05) is 14.2 Å². The van der Waals surface area contributed by atoms with Crippen LogP contribution in [-0.2, 0) is 6.42 Å². The van der Waals surface area contributed by atoms with Crippen molar-refractivity contribution < 1.29 is 19.2 Å². The average Bonchev–Trinajstić information content (AvgIpc) is 2.42. The van der Waals surface area contributed by atoms with Gasteiger partial charge in [-0.15, -0.1) is 0 Å². The molecule has 9 heteroatoms. The van der Waals surface area contributed by atoms with E-state index in [2.05, 4.69) is 5.10 Å². The molecule has 0 fully saturated rings. The lowest BCUT2D eigenvalue weighted by atomic mass is 10.1. The first-order valence-corrected chi connectivity index (χ1v) is 5.45. The van der Waals surface area contributed by atoms with Crippen molar-refractivity contribution in [1.82, 2.24) is 5.43 Å². The molecule has 0 spiro atoms. The normalized spacial score (nSPS) is 10.3. The van der Waals surface area contributed by atoms with Crippen molar-refractivity contribution in [2.24, 2.45) is 10.8 Å². The Bertz CT molecular complexity index is 544. The highest BCUT2D eigenvalue weighted by atomic mass is 16.6. The topological polar surface area (TPSA) is 129 Å². The number of carbonyl (C=O) groups excluding carboxylic acids is 1. The van der Waals surface area contributed by atoms with Gasteiger partial charge in [-0.2, -0.15) is 5.10 Å². The minimum Gasteiger partial charge on any atom is -0.493 e. The molecule has 3 N–H and O–H groups in total. The van der Waals surface area contributed by atoms with Crippen molar-refractivity contribution in [3.05, 3.63) is 27.8 Å². The fourth-order valence-corrected chi connectivity index (χ4v) is 1.50. The summed E-state index contributed by atoms with van der Waals surface area (Å²) in [6, 6.07) is 1.93. The predicted molar refractivity (Wildman–Crippen MR) is 71.1 cm³/mol. The first kappa shape index (κ1) is 15.2. The van der Waals surface area contributed by atoms with Gasteiger partial charge in [0.2, 0.25) is 0 Å². The average molecular weight is 282 g/mol. The van der Waals surface area contributed by atoms with E-state index in [4.69, 9.17) is 15.2 Å². The number of hydrogen-bond donors (Lipinski definition) is 2. The van der Waals surface area contributed by atoms with E-state index in [-0.39, 0.29) is 17.9 Å². The standard InChI is InChI=1S/C11H14N4O5/c1-19-9-5-7(3-4-13-14-11(12)16)8(15(17)18)6-10(9)20-2/h4-6H,3H2,1-2H3,(H3,12,14,16). The fourth-order valence-electron chi connectivity index (χ4n) is 1.50. The molecule has 0 heterocycles. The van der Waals surface area contributed by atoms with E-state index < -0.39 is 11.0 Å². The maximum Gasteiger partial charge on any atom is 0.332 e. The lowest BCUT2D eigenvalue weighted by molar-refractivity contribution is -0.385. The van der Waals surface area contributed by atoms with Gasteiger partial charge in [0.15, 0.2) is 11.5 Å². The van der Waals surface area contributed by atoms with Crippen molar-refractivity contribution in [1.29, 1.82) is 0 Å². The summed E-state index contributed by atoms with van der Waals surface area (Å²) in [6.45, 7) is 0. The van der Waals surface area contributed by atoms with Gasteiger partial charge >= 0.3 is 6.03 Å². The van der Waals surface area contributed by atoms with E-state index in [0.29, 0.717) is 11.3 Å². The highest BCUT2D eigenvalue weighted by Crippen LogP contribution is 2.34. The van der Waals surface area contributed by atoms with Gasteiger partial charge in [-0.05, 0) is 6.07 Å². The zero-order valence-corrected chi connectivity index (χ0v) is 11.0. The fraction of sp³-hybridized carbons (Fsp3) is 0.273. The molecule has 1 aromatic rings. The van der Waals surface area contributed by atoms with E-state index in [1.54, 1.807) is 0 Å². The maximum absolute atomic E-state index is 11.0. The number of hydrogen-bond acceptors (Lipinski definition) is 6. The monoisotopic (exact) mass is 282 g/mol. The Balaban J connectivity index is 3.06. The van der Waals surface area contributed by atoms with Crippen LogP contribution in [0.15, 0.2) is 17.2 Å². The van der Waals surface area contributed by atoms with Gasteiger partial charge in [-0.1, -0.05) is 0 Å². The van der Waals surface area contributed by atoms with Crippen LogP contribution in [-0.4, -0.2) is 31.4 Å². The number of nitrogens with zero attached hydrogens (tertiary/aromatic N) is 2. The second kappa shape index (κ2) is 6.92. The van der Waals surface area contributed by atoms with E-state index in [9.17, 15) is 14.9 Å². The van der Waals surface area contributed by atoms with Gasteiger partial charge in [0.25, 0.3) is 5.69 Å². The van der Waals surface area contributed by atoms with Crippen LogP contribution < -0.4 is 20.6 Å². The Morgan fingerprint density at radius 2 is 2.05 bits per heavy atom. The molecule has 0 radical (unpaired) electrons. The molecule has 0 aliphatic rings. The SMILES string of the molecule is COc1cc(CC=NNC(N)=O)c([N+](=O)[O-])cc1OC. The van der Waals surface area contributed by atoms with Gasteiger partial charge in [0, 0.05) is 18.2 Å². The van der Waals surface area contributed by atoms with Crippen molar-refractivity contribution >= 4 is 17.9 Å². The number of methoxy groups -OCH3 is 2. The van der Waals surface area contributed by atoms with Crippen LogP contribution in [0, 0.1) is 10.1 Å². The third-order valence-corrected chi connectivity index (χ3v) is 2.36. The number of hydrazone groups is 1. The van der Waals surface area contributed by atoms with E-state index in [1.165, 1.54) is 32.6 Å². The summed E-state index contributed by atoms with van der Waals surface area (Å²) in [5, 5.41) is 14.5. The molecule has 0 bridgehead atoms. The molecule has 0 aliphatic heterocycles. The molecular weight excluding hydrogens is 268 g/mol. The number of primary amides is 1. The molecule has 0 unspecified atom stereocenters. The molecule has 9 nitrogen and oxygen atoms in total. The maximum atomic E-state index is 11.0. The van der Waals surface area contributed by atoms with Crippen LogP contribution in [0.25, 0.3) is 0 Å². The lowest BCUT2D eigenvalue weighted by Crippen LogP contribution is -2.24. The highest BCUT2D eigenvalue weighted by Gasteiger charge is 2.18. The number of nitro groups is 1. The summed E-state index contributed by atoms with van der Waals surface area (Å²) in [4.78, 5) is 20.9. The molecule has 2 amide bonds. The van der Waals surface area contributed by atoms with Crippen LogP contribution >= 0.6 is 0 Å². The summed E-state index contributed by atoms with van der Waals surface area (Å²) < 4.78 is 10.1. The van der Waals surface area contributed by atoms with E-state index in [0.717, 1.165) is 0 Å². The summed E-state index contributed by atoms with van der Waals surface area (Å²) >= 11 is 0. The Morgan fingerprint density at radius 3 is 2.55 bits per heavy atom. The number of amides is 2. The molecule has 0 saturated heterocycles. The molecule has 0 aromatic heterocycles. The number of ether oxygens (including phenoxy) is 2. The number of benzene rings is 1. The third-order valence-electron chi connectivity index (χ3n) is 2.36. The smallest absolute Gasteiger partial charge is 0.332 e. The Labute approximate surface area is 114 Å². The van der Waals surface area contributed by atoms with Crippen LogP contribution in [0.3, 0.4) is 0 Å². The first-order valence-electron chi connectivity index (χ1n) is 5.45. The largest absolute Gasteiger partial charge is 0.493 e. The Morgan fingerprint density at radius 1 is 1.45 bits per heavy atom. The van der Waals surface area contributed by atoms with Gasteiger partial charge in [0.1, 0.15) is 0 Å². The van der Waals surface area contributed by atoms with Crippen LogP contribution in [0.1, 0.15) is 5.56 Å². The van der Waals surface area contributed by atoms with Crippen LogP contribution in [0.4, 0.5) is 10.5 Å². The molecule has 0 atom stereocenters. The summed E-state index contributed by atoms with van der Waals surface area (Å²) in [5.41, 5.74) is 7.06. The molecule has 20 heavy (non-hydrogen) atoms. The van der Waals surface area contributed by atoms with Gasteiger partial charge in [-0.3, -0.25) is 10.1 Å². The number of nitrogens with two attached hydrogens (primary N) is 1. The number of nitrogens with one attached hydrogen (secondary N) is 1. The van der Waals surface area contributed by atoms with Crippen molar-refractivity contribution in [3.63, 3.8) is 0 Å². The second-order valence-electron chi connectivity index (χ2n) is 3.58.